The fourth-order valence-corrected chi connectivity index (χ4v) is 3.52. The van der Waals surface area contributed by atoms with Gasteiger partial charge in [0.15, 0.2) is 0 Å². The van der Waals surface area contributed by atoms with Gasteiger partial charge in [-0.2, -0.15) is 0 Å². The summed E-state index contributed by atoms with van der Waals surface area (Å²) in [6, 6.07) is 0.356. The Morgan fingerprint density at radius 3 is 2.86 bits per heavy atom. The molecule has 3 rings (SSSR count). The first-order valence-corrected chi connectivity index (χ1v) is 6.35. The molecule has 1 aromatic heterocycles. The lowest BCUT2D eigenvalue weighted by molar-refractivity contribution is 0.392. The van der Waals surface area contributed by atoms with Crippen molar-refractivity contribution in [3.8, 4) is 0 Å². The maximum Gasteiger partial charge on any atom is 0.0940 e. The molecule has 2 nitrogen and oxygen atoms in total. The second kappa shape index (κ2) is 3.31. The van der Waals surface area contributed by atoms with Gasteiger partial charge >= 0.3 is 0 Å². The van der Waals surface area contributed by atoms with Crippen LogP contribution < -0.4 is 5.73 Å². The zero-order valence-corrected chi connectivity index (χ0v) is 9.04. The lowest BCUT2D eigenvalue weighted by Gasteiger charge is -2.19. The van der Waals surface area contributed by atoms with E-state index in [9.17, 15) is 0 Å². The predicted molar refractivity (Wildman–Crippen MR) is 58.1 cm³/mol. The van der Waals surface area contributed by atoms with E-state index in [0.29, 0.717) is 6.04 Å². The maximum atomic E-state index is 6.22. The van der Waals surface area contributed by atoms with Crippen molar-refractivity contribution < 1.29 is 0 Å². The molecule has 3 atom stereocenters. The largest absolute Gasteiger partial charge is 0.327 e. The van der Waals surface area contributed by atoms with Crippen molar-refractivity contribution in [3.05, 3.63) is 16.6 Å². The molecule has 3 unspecified atom stereocenters. The number of nitrogens with two attached hydrogens (primary N) is 1. The Balaban J connectivity index is 1.58. The van der Waals surface area contributed by atoms with Crippen LogP contribution >= 0.6 is 11.3 Å². The standard InChI is InChI=1S/C11H16N2S/c12-10(6-11-13-1-2-14-11)9-4-7-3-8(7)5-9/h1-2,7-10H,3-6,12H2. The number of thiazole rings is 1. The highest BCUT2D eigenvalue weighted by Gasteiger charge is 2.47. The third-order valence-corrected chi connectivity index (χ3v) is 4.58. The minimum atomic E-state index is 0.356. The molecule has 0 aliphatic heterocycles. The summed E-state index contributed by atoms with van der Waals surface area (Å²) in [5.41, 5.74) is 6.22. The SMILES string of the molecule is NC(Cc1nccs1)C1CC2CC2C1. The lowest BCUT2D eigenvalue weighted by Crippen LogP contribution is -2.31. The molecule has 1 heterocycles. The van der Waals surface area contributed by atoms with Crippen molar-refractivity contribution in [3.63, 3.8) is 0 Å². The molecule has 0 spiro atoms. The van der Waals surface area contributed by atoms with Crippen LogP contribution in [-0.2, 0) is 6.42 Å². The van der Waals surface area contributed by atoms with Gasteiger partial charge in [0.25, 0.3) is 0 Å². The third kappa shape index (κ3) is 1.59. The topological polar surface area (TPSA) is 38.9 Å². The van der Waals surface area contributed by atoms with E-state index in [1.54, 1.807) is 11.3 Å². The van der Waals surface area contributed by atoms with Crippen molar-refractivity contribution in [2.24, 2.45) is 23.5 Å². The highest BCUT2D eigenvalue weighted by atomic mass is 32.1. The zero-order chi connectivity index (χ0) is 9.54. The smallest absolute Gasteiger partial charge is 0.0940 e. The molecular formula is C11H16N2S. The van der Waals surface area contributed by atoms with Crippen molar-refractivity contribution in [2.45, 2.75) is 31.7 Å². The lowest BCUT2D eigenvalue weighted by atomic mass is 9.93. The van der Waals surface area contributed by atoms with E-state index in [2.05, 4.69) is 4.98 Å². The molecule has 0 aromatic carbocycles. The van der Waals surface area contributed by atoms with E-state index in [4.69, 9.17) is 5.73 Å². The minimum Gasteiger partial charge on any atom is -0.327 e. The van der Waals surface area contributed by atoms with Gasteiger partial charge in [-0.3, -0.25) is 0 Å². The summed E-state index contributed by atoms with van der Waals surface area (Å²) < 4.78 is 0. The van der Waals surface area contributed by atoms with Gasteiger partial charge in [-0.25, -0.2) is 4.98 Å². The summed E-state index contributed by atoms with van der Waals surface area (Å²) in [6.07, 6.45) is 7.12. The van der Waals surface area contributed by atoms with Gasteiger partial charge in [0.05, 0.1) is 5.01 Å². The second-order valence-electron chi connectivity index (χ2n) is 4.78. The fraction of sp³-hybridized carbons (Fsp3) is 0.727. The first kappa shape index (κ1) is 8.86. The molecule has 2 N–H and O–H groups in total. The summed E-state index contributed by atoms with van der Waals surface area (Å²) in [4.78, 5) is 4.30. The molecule has 0 saturated heterocycles. The molecule has 2 aliphatic carbocycles. The van der Waals surface area contributed by atoms with E-state index in [-0.39, 0.29) is 0 Å². The van der Waals surface area contributed by atoms with E-state index < -0.39 is 0 Å². The van der Waals surface area contributed by atoms with Crippen LogP contribution in [0.5, 0.6) is 0 Å². The summed E-state index contributed by atoms with van der Waals surface area (Å²) in [6.45, 7) is 0. The van der Waals surface area contributed by atoms with E-state index in [0.717, 1.165) is 24.2 Å². The second-order valence-corrected chi connectivity index (χ2v) is 5.76. The monoisotopic (exact) mass is 208 g/mol. The molecule has 3 heteroatoms. The first-order chi connectivity index (χ1) is 6.83. The molecule has 0 amide bonds. The molecule has 1 aromatic rings. The van der Waals surface area contributed by atoms with Gasteiger partial charge in [-0.1, -0.05) is 0 Å². The van der Waals surface area contributed by atoms with Gasteiger partial charge in [0.1, 0.15) is 0 Å². The van der Waals surface area contributed by atoms with E-state index in [1.165, 1.54) is 24.3 Å². The number of hydrogen-bond donors (Lipinski definition) is 1. The molecule has 2 fully saturated rings. The Morgan fingerprint density at radius 1 is 1.43 bits per heavy atom. The summed E-state index contributed by atoms with van der Waals surface area (Å²) in [7, 11) is 0. The van der Waals surface area contributed by atoms with Crippen molar-refractivity contribution in [1.82, 2.24) is 4.98 Å². The third-order valence-electron chi connectivity index (χ3n) is 3.78. The Hall–Kier alpha value is -0.410. The molecular weight excluding hydrogens is 192 g/mol. The normalized spacial score (nSPS) is 36.8. The number of rotatable bonds is 3. The van der Waals surface area contributed by atoms with Gasteiger partial charge in [-0.15, -0.1) is 11.3 Å². The number of aromatic nitrogens is 1. The first-order valence-electron chi connectivity index (χ1n) is 5.47. The van der Waals surface area contributed by atoms with Gasteiger partial charge in [-0.05, 0) is 37.0 Å². The van der Waals surface area contributed by atoms with Crippen LogP contribution in [-0.4, -0.2) is 11.0 Å². The van der Waals surface area contributed by atoms with Gasteiger partial charge < -0.3 is 5.73 Å². The number of hydrogen-bond acceptors (Lipinski definition) is 3. The summed E-state index contributed by atoms with van der Waals surface area (Å²) >= 11 is 1.73. The van der Waals surface area contributed by atoms with Crippen LogP contribution in [0.3, 0.4) is 0 Å². The van der Waals surface area contributed by atoms with Crippen LogP contribution in [0.2, 0.25) is 0 Å². The van der Waals surface area contributed by atoms with Crippen LogP contribution in [0.1, 0.15) is 24.3 Å². The van der Waals surface area contributed by atoms with Gasteiger partial charge in [0, 0.05) is 24.0 Å². The van der Waals surface area contributed by atoms with Crippen molar-refractivity contribution >= 4 is 11.3 Å². The molecule has 0 bridgehead atoms. The average Bonchev–Trinajstić information content (AvgIpc) is 2.68. The van der Waals surface area contributed by atoms with Crippen LogP contribution in [0.4, 0.5) is 0 Å². The predicted octanol–water partition coefficient (Wildman–Crippen LogP) is 2.06. The zero-order valence-electron chi connectivity index (χ0n) is 8.23. The van der Waals surface area contributed by atoms with E-state index in [1.807, 2.05) is 11.6 Å². The summed E-state index contributed by atoms with van der Waals surface area (Å²) in [5, 5.41) is 3.24. The molecule has 0 radical (unpaired) electrons. The minimum absolute atomic E-state index is 0.356. The quantitative estimate of drug-likeness (QED) is 0.825. The maximum absolute atomic E-state index is 6.22. The highest BCUT2D eigenvalue weighted by molar-refractivity contribution is 7.09. The molecule has 2 aliphatic rings. The van der Waals surface area contributed by atoms with Crippen LogP contribution in [0.15, 0.2) is 11.6 Å². The van der Waals surface area contributed by atoms with Gasteiger partial charge in [0.2, 0.25) is 0 Å². The molecule has 2 saturated carbocycles. The average molecular weight is 208 g/mol. The molecule has 76 valence electrons. The Labute approximate surface area is 88.5 Å². The fourth-order valence-electron chi connectivity index (χ4n) is 2.83. The van der Waals surface area contributed by atoms with Crippen LogP contribution in [0, 0.1) is 17.8 Å². The number of nitrogens with zero attached hydrogens (tertiary/aromatic N) is 1. The van der Waals surface area contributed by atoms with Crippen molar-refractivity contribution in [1.29, 1.82) is 0 Å². The van der Waals surface area contributed by atoms with Crippen molar-refractivity contribution in [2.75, 3.05) is 0 Å². The van der Waals surface area contributed by atoms with Crippen LogP contribution in [0.25, 0.3) is 0 Å². The number of fused-ring (bicyclic) bond motifs is 1. The Morgan fingerprint density at radius 2 is 2.21 bits per heavy atom. The molecule has 14 heavy (non-hydrogen) atoms. The Kier molecular flexibility index (Phi) is 2.10. The summed E-state index contributed by atoms with van der Waals surface area (Å²) in [5.74, 6) is 2.87. The van der Waals surface area contributed by atoms with E-state index >= 15 is 0 Å². The highest BCUT2D eigenvalue weighted by Crippen LogP contribution is 2.55. The Bertz CT molecular complexity index is 299.